The third-order valence-electron chi connectivity index (χ3n) is 4.59. The molecule has 2 aromatic heterocycles. The first-order valence-electron chi connectivity index (χ1n) is 8.67. The molecule has 2 aliphatic heterocycles. The molecule has 138 valence electrons. The largest absolute Gasteiger partial charge is 0.378 e. The lowest BCUT2D eigenvalue weighted by Crippen LogP contribution is -2.37. The predicted molar refractivity (Wildman–Crippen MR) is 98.5 cm³/mol. The summed E-state index contributed by atoms with van der Waals surface area (Å²) < 4.78 is 19.4. The number of hydrogen-bond donors (Lipinski definition) is 1. The first-order valence-corrected chi connectivity index (χ1v) is 9.05. The maximum absolute atomic E-state index is 14.1. The molecule has 0 aliphatic carbocycles. The van der Waals surface area contributed by atoms with Crippen LogP contribution in [0.1, 0.15) is 6.42 Å². The lowest BCUT2D eigenvalue weighted by molar-refractivity contribution is 0.122. The Kier molecular flexibility index (Phi) is 5.03. The van der Waals surface area contributed by atoms with Gasteiger partial charge in [-0.05, 0) is 18.6 Å². The van der Waals surface area contributed by atoms with Gasteiger partial charge in [0.2, 0.25) is 5.95 Å². The van der Waals surface area contributed by atoms with Gasteiger partial charge in [0.1, 0.15) is 5.82 Å². The van der Waals surface area contributed by atoms with E-state index in [-0.39, 0.29) is 6.04 Å². The van der Waals surface area contributed by atoms with Crippen LogP contribution in [0, 0.1) is 5.82 Å². The van der Waals surface area contributed by atoms with Crippen LogP contribution in [0.25, 0.3) is 0 Å². The van der Waals surface area contributed by atoms with E-state index in [0.29, 0.717) is 43.1 Å². The Balaban J connectivity index is 1.40. The van der Waals surface area contributed by atoms with Crippen molar-refractivity contribution in [2.75, 3.05) is 54.5 Å². The van der Waals surface area contributed by atoms with Crippen LogP contribution in [-0.4, -0.2) is 60.4 Å². The Labute approximate surface area is 156 Å². The van der Waals surface area contributed by atoms with Crippen molar-refractivity contribution >= 4 is 29.2 Å². The quantitative estimate of drug-likeness (QED) is 0.874. The third kappa shape index (κ3) is 3.81. The van der Waals surface area contributed by atoms with Crippen molar-refractivity contribution in [3.63, 3.8) is 0 Å². The first kappa shape index (κ1) is 17.2. The van der Waals surface area contributed by atoms with E-state index in [0.717, 1.165) is 25.3 Å². The minimum atomic E-state index is -0.399. The molecule has 0 spiro atoms. The summed E-state index contributed by atoms with van der Waals surface area (Å²) in [5.41, 5.74) is 0. The van der Waals surface area contributed by atoms with Crippen molar-refractivity contribution in [1.29, 1.82) is 0 Å². The zero-order valence-electron chi connectivity index (χ0n) is 14.2. The fourth-order valence-corrected chi connectivity index (χ4v) is 3.42. The van der Waals surface area contributed by atoms with Crippen molar-refractivity contribution in [2.24, 2.45) is 0 Å². The van der Waals surface area contributed by atoms with Gasteiger partial charge in [-0.15, -0.1) is 0 Å². The standard InChI is InChI=1S/C17H20ClFN6O/c18-12-9-14(19)16(21-10-12)25-4-2-13(11-25)22-17-20-3-1-15(23-17)24-5-7-26-8-6-24/h1,3,9-10,13H,2,4-8,11H2,(H,20,22,23). The van der Waals surface area contributed by atoms with Gasteiger partial charge in [0.25, 0.3) is 0 Å². The van der Waals surface area contributed by atoms with Crippen LogP contribution in [-0.2, 0) is 4.74 Å². The summed E-state index contributed by atoms with van der Waals surface area (Å²) in [6.07, 6.45) is 4.08. The molecule has 1 atom stereocenters. The fraction of sp³-hybridized carbons (Fsp3) is 0.471. The summed E-state index contributed by atoms with van der Waals surface area (Å²) >= 11 is 5.78. The topological polar surface area (TPSA) is 66.4 Å². The molecule has 2 fully saturated rings. The van der Waals surface area contributed by atoms with E-state index in [4.69, 9.17) is 16.3 Å². The Bertz CT molecular complexity index is 773. The monoisotopic (exact) mass is 378 g/mol. The van der Waals surface area contributed by atoms with Gasteiger partial charge in [0.15, 0.2) is 11.6 Å². The Morgan fingerprint density at radius 3 is 2.85 bits per heavy atom. The van der Waals surface area contributed by atoms with E-state index in [2.05, 4.69) is 25.2 Å². The Morgan fingerprint density at radius 1 is 1.19 bits per heavy atom. The summed E-state index contributed by atoms with van der Waals surface area (Å²) in [6, 6.07) is 3.33. The molecular formula is C17H20ClFN6O. The van der Waals surface area contributed by atoms with Crippen LogP contribution in [0.3, 0.4) is 0 Å². The molecule has 7 nitrogen and oxygen atoms in total. The van der Waals surface area contributed by atoms with Crippen LogP contribution >= 0.6 is 11.6 Å². The second-order valence-electron chi connectivity index (χ2n) is 6.37. The average molecular weight is 379 g/mol. The second-order valence-corrected chi connectivity index (χ2v) is 6.81. The van der Waals surface area contributed by atoms with Crippen LogP contribution in [0.4, 0.5) is 22.0 Å². The van der Waals surface area contributed by atoms with Crippen molar-refractivity contribution in [1.82, 2.24) is 15.0 Å². The molecule has 4 rings (SSSR count). The van der Waals surface area contributed by atoms with Gasteiger partial charge < -0.3 is 19.9 Å². The number of nitrogens with zero attached hydrogens (tertiary/aromatic N) is 5. The normalized spacial score (nSPS) is 20.5. The summed E-state index contributed by atoms with van der Waals surface area (Å²) in [6.45, 7) is 4.43. The van der Waals surface area contributed by atoms with Crippen molar-refractivity contribution < 1.29 is 9.13 Å². The molecule has 0 aromatic carbocycles. The maximum Gasteiger partial charge on any atom is 0.224 e. The number of pyridine rings is 1. The smallest absolute Gasteiger partial charge is 0.224 e. The molecular weight excluding hydrogens is 359 g/mol. The van der Waals surface area contributed by atoms with Gasteiger partial charge in [0, 0.05) is 44.6 Å². The highest BCUT2D eigenvalue weighted by Gasteiger charge is 2.26. The number of nitrogens with one attached hydrogen (secondary N) is 1. The van der Waals surface area contributed by atoms with Gasteiger partial charge in [-0.1, -0.05) is 11.6 Å². The van der Waals surface area contributed by atoms with E-state index in [1.807, 2.05) is 11.0 Å². The SMILES string of the molecule is Fc1cc(Cl)cnc1N1CCC(Nc2nccc(N3CCOCC3)n2)C1. The number of morpholine rings is 1. The van der Waals surface area contributed by atoms with Gasteiger partial charge >= 0.3 is 0 Å². The summed E-state index contributed by atoms with van der Waals surface area (Å²) in [5.74, 6) is 1.42. The number of aromatic nitrogens is 3. The molecule has 0 radical (unpaired) electrons. The van der Waals surface area contributed by atoms with E-state index < -0.39 is 5.82 Å². The van der Waals surface area contributed by atoms with Crippen molar-refractivity contribution in [3.8, 4) is 0 Å². The zero-order chi connectivity index (χ0) is 17.9. The Morgan fingerprint density at radius 2 is 2.04 bits per heavy atom. The minimum absolute atomic E-state index is 0.131. The fourth-order valence-electron chi connectivity index (χ4n) is 3.28. The van der Waals surface area contributed by atoms with Gasteiger partial charge in [-0.25, -0.2) is 14.4 Å². The Hall–Kier alpha value is -2.19. The number of anilines is 3. The molecule has 0 amide bonds. The number of ether oxygens (including phenoxy) is 1. The highest BCUT2D eigenvalue weighted by atomic mass is 35.5. The summed E-state index contributed by atoms with van der Waals surface area (Å²) in [5, 5.41) is 3.65. The minimum Gasteiger partial charge on any atom is -0.378 e. The maximum atomic E-state index is 14.1. The lowest BCUT2D eigenvalue weighted by Gasteiger charge is -2.28. The highest BCUT2D eigenvalue weighted by molar-refractivity contribution is 6.30. The third-order valence-corrected chi connectivity index (χ3v) is 4.79. The van der Waals surface area contributed by atoms with Gasteiger partial charge in [0.05, 0.1) is 18.2 Å². The van der Waals surface area contributed by atoms with E-state index in [9.17, 15) is 4.39 Å². The molecule has 1 unspecified atom stereocenters. The molecule has 1 N–H and O–H groups in total. The molecule has 4 heterocycles. The first-order chi connectivity index (χ1) is 12.7. The van der Waals surface area contributed by atoms with E-state index in [1.165, 1.54) is 12.3 Å². The van der Waals surface area contributed by atoms with E-state index in [1.54, 1.807) is 6.20 Å². The number of halogens is 2. The van der Waals surface area contributed by atoms with Gasteiger partial charge in [-0.2, -0.15) is 4.98 Å². The second kappa shape index (κ2) is 7.59. The van der Waals surface area contributed by atoms with Gasteiger partial charge in [-0.3, -0.25) is 0 Å². The van der Waals surface area contributed by atoms with Crippen LogP contribution in [0.5, 0.6) is 0 Å². The predicted octanol–water partition coefficient (Wildman–Crippen LogP) is 2.19. The molecule has 9 heteroatoms. The summed E-state index contributed by atoms with van der Waals surface area (Å²) in [4.78, 5) is 17.1. The average Bonchev–Trinajstić information content (AvgIpc) is 3.11. The van der Waals surface area contributed by atoms with E-state index >= 15 is 0 Å². The van der Waals surface area contributed by atoms with Crippen molar-refractivity contribution in [2.45, 2.75) is 12.5 Å². The molecule has 2 aromatic rings. The lowest BCUT2D eigenvalue weighted by atomic mass is 10.3. The van der Waals surface area contributed by atoms with Crippen LogP contribution in [0.2, 0.25) is 5.02 Å². The molecule has 0 saturated carbocycles. The summed E-state index contributed by atoms with van der Waals surface area (Å²) in [7, 11) is 0. The van der Waals surface area contributed by atoms with Crippen LogP contribution < -0.4 is 15.1 Å². The number of rotatable bonds is 4. The zero-order valence-corrected chi connectivity index (χ0v) is 15.0. The molecule has 0 bridgehead atoms. The number of hydrogen-bond acceptors (Lipinski definition) is 7. The molecule has 2 saturated heterocycles. The van der Waals surface area contributed by atoms with Crippen molar-refractivity contribution in [3.05, 3.63) is 35.4 Å². The highest BCUT2D eigenvalue weighted by Crippen LogP contribution is 2.24. The molecule has 2 aliphatic rings. The molecule has 26 heavy (non-hydrogen) atoms. The van der Waals surface area contributed by atoms with Crippen LogP contribution in [0.15, 0.2) is 24.5 Å².